The molecule has 20 heavy (non-hydrogen) atoms. The Hall–Kier alpha value is -1.32. The van der Waals surface area contributed by atoms with Crippen LogP contribution in [0.25, 0.3) is 10.9 Å². The number of hydrogen-bond donors (Lipinski definition) is 3. The van der Waals surface area contributed by atoms with Crippen LogP contribution in [-0.4, -0.2) is 22.2 Å². The van der Waals surface area contributed by atoms with Gasteiger partial charge in [-0.05, 0) is 47.9 Å². The Morgan fingerprint density at radius 1 is 1.40 bits per heavy atom. The molecule has 3 heteroatoms. The van der Waals surface area contributed by atoms with Crippen molar-refractivity contribution < 1.29 is 5.11 Å². The molecule has 2 aromatic rings. The molecule has 0 spiro atoms. The minimum atomic E-state index is -0.504. The van der Waals surface area contributed by atoms with E-state index in [2.05, 4.69) is 41.5 Å². The van der Waals surface area contributed by atoms with Gasteiger partial charge in [0.1, 0.15) is 0 Å². The predicted octanol–water partition coefficient (Wildman–Crippen LogP) is 3.20. The molecule has 1 aromatic heterocycles. The van der Waals surface area contributed by atoms with Gasteiger partial charge in [-0.3, -0.25) is 0 Å². The number of benzene rings is 1. The zero-order valence-corrected chi connectivity index (χ0v) is 12.2. The number of nitrogens with one attached hydrogen (secondary N) is 2. The summed E-state index contributed by atoms with van der Waals surface area (Å²) in [6.45, 7) is 3.75. The average Bonchev–Trinajstić information content (AvgIpc) is 2.85. The van der Waals surface area contributed by atoms with Crippen molar-refractivity contribution in [2.24, 2.45) is 5.92 Å². The van der Waals surface area contributed by atoms with Crippen LogP contribution < -0.4 is 5.32 Å². The van der Waals surface area contributed by atoms with Gasteiger partial charge in [-0.15, -0.1) is 0 Å². The van der Waals surface area contributed by atoms with E-state index in [0.717, 1.165) is 25.8 Å². The third-order valence-corrected chi connectivity index (χ3v) is 4.47. The molecule has 2 unspecified atom stereocenters. The second kappa shape index (κ2) is 5.58. The van der Waals surface area contributed by atoms with Crippen LogP contribution in [0, 0.1) is 5.92 Å². The summed E-state index contributed by atoms with van der Waals surface area (Å²) in [5.41, 5.74) is 1.94. The normalized spacial score (nSPS) is 27.0. The van der Waals surface area contributed by atoms with Crippen LogP contribution in [0.15, 0.2) is 30.5 Å². The van der Waals surface area contributed by atoms with E-state index < -0.39 is 5.60 Å². The number of fused-ring (bicyclic) bond motifs is 1. The fourth-order valence-corrected chi connectivity index (χ4v) is 3.45. The average molecular weight is 272 g/mol. The van der Waals surface area contributed by atoms with Gasteiger partial charge < -0.3 is 15.4 Å². The van der Waals surface area contributed by atoms with Crippen LogP contribution in [0.2, 0.25) is 0 Å². The van der Waals surface area contributed by atoms with Gasteiger partial charge in [0.05, 0.1) is 5.60 Å². The summed E-state index contributed by atoms with van der Waals surface area (Å²) in [6, 6.07) is 8.55. The Morgan fingerprint density at radius 3 is 3.15 bits per heavy atom. The van der Waals surface area contributed by atoms with E-state index >= 15 is 0 Å². The Balaban J connectivity index is 1.56. The van der Waals surface area contributed by atoms with Crippen molar-refractivity contribution in [2.45, 2.75) is 44.8 Å². The van der Waals surface area contributed by atoms with Crippen molar-refractivity contribution in [2.75, 3.05) is 6.54 Å². The number of aromatic nitrogens is 1. The summed E-state index contributed by atoms with van der Waals surface area (Å²) in [5.74, 6) is 0.645. The van der Waals surface area contributed by atoms with Gasteiger partial charge in [0.15, 0.2) is 0 Å². The van der Waals surface area contributed by atoms with Crippen LogP contribution >= 0.6 is 0 Å². The standard InChI is InChI=1S/C17H24N2O/c1-13-3-2-7-17(20,10-13)12-18-11-14-4-5-16-15(9-14)6-8-19-16/h4-6,8-9,13,18-20H,2-3,7,10-12H2,1H3. The van der Waals surface area contributed by atoms with E-state index in [1.807, 2.05) is 6.20 Å². The molecule has 1 saturated carbocycles. The monoisotopic (exact) mass is 272 g/mol. The lowest BCUT2D eigenvalue weighted by Crippen LogP contribution is -2.43. The predicted molar refractivity (Wildman–Crippen MR) is 82.6 cm³/mol. The molecule has 3 nitrogen and oxygen atoms in total. The van der Waals surface area contributed by atoms with Crippen LogP contribution in [0.1, 0.15) is 38.2 Å². The summed E-state index contributed by atoms with van der Waals surface area (Å²) < 4.78 is 0. The molecule has 1 aliphatic rings. The van der Waals surface area contributed by atoms with E-state index in [-0.39, 0.29) is 0 Å². The number of rotatable bonds is 4. The van der Waals surface area contributed by atoms with E-state index in [9.17, 15) is 5.11 Å². The Morgan fingerprint density at radius 2 is 2.30 bits per heavy atom. The molecule has 2 atom stereocenters. The van der Waals surface area contributed by atoms with E-state index in [0.29, 0.717) is 12.5 Å². The Bertz CT molecular complexity index is 577. The summed E-state index contributed by atoms with van der Waals surface area (Å²) in [4.78, 5) is 3.21. The molecule has 3 N–H and O–H groups in total. The minimum absolute atomic E-state index is 0.504. The molecule has 1 aromatic carbocycles. The summed E-state index contributed by atoms with van der Waals surface area (Å²) in [7, 11) is 0. The maximum Gasteiger partial charge on any atom is 0.0774 e. The SMILES string of the molecule is CC1CCCC(O)(CNCc2ccc3[nH]ccc3c2)C1. The summed E-state index contributed by atoms with van der Waals surface area (Å²) in [5, 5.41) is 15.3. The molecule has 0 saturated heterocycles. The van der Waals surface area contributed by atoms with Gasteiger partial charge in [-0.1, -0.05) is 25.8 Å². The topological polar surface area (TPSA) is 48.0 Å². The minimum Gasteiger partial charge on any atom is -0.389 e. The molecular formula is C17H24N2O. The molecule has 1 fully saturated rings. The highest BCUT2D eigenvalue weighted by Gasteiger charge is 2.31. The lowest BCUT2D eigenvalue weighted by atomic mass is 9.79. The zero-order valence-electron chi connectivity index (χ0n) is 12.2. The van der Waals surface area contributed by atoms with Crippen LogP contribution in [0.3, 0.4) is 0 Å². The van der Waals surface area contributed by atoms with Gasteiger partial charge in [0.25, 0.3) is 0 Å². The number of aliphatic hydroxyl groups is 1. The molecule has 0 amide bonds. The van der Waals surface area contributed by atoms with Gasteiger partial charge in [-0.25, -0.2) is 0 Å². The van der Waals surface area contributed by atoms with Crippen molar-refractivity contribution in [3.63, 3.8) is 0 Å². The molecule has 108 valence electrons. The van der Waals surface area contributed by atoms with Crippen molar-refractivity contribution >= 4 is 10.9 Å². The van der Waals surface area contributed by atoms with E-state index in [1.54, 1.807) is 0 Å². The Kier molecular flexibility index (Phi) is 3.81. The highest BCUT2D eigenvalue weighted by Crippen LogP contribution is 2.31. The lowest BCUT2D eigenvalue weighted by molar-refractivity contribution is -0.0119. The second-order valence-corrected chi connectivity index (χ2v) is 6.43. The highest BCUT2D eigenvalue weighted by molar-refractivity contribution is 5.79. The lowest BCUT2D eigenvalue weighted by Gasteiger charge is -2.35. The van der Waals surface area contributed by atoms with Crippen molar-refractivity contribution in [3.8, 4) is 0 Å². The fourth-order valence-electron chi connectivity index (χ4n) is 3.45. The number of hydrogen-bond acceptors (Lipinski definition) is 2. The maximum atomic E-state index is 10.6. The zero-order chi connectivity index (χ0) is 14.0. The quantitative estimate of drug-likeness (QED) is 0.800. The first kappa shape index (κ1) is 13.7. The molecule has 0 bridgehead atoms. The van der Waals surface area contributed by atoms with Gasteiger partial charge in [0.2, 0.25) is 0 Å². The van der Waals surface area contributed by atoms with Gasteiger partial charge in [-0.2, -0.15) is 0 Å². The maximum absolute atomic E-state index is 10.6. The summed E-state index contributed by atoms with van der Waals surface area (Å²) in [6.07, 6.45) is 6.23. The smallest absolute Gasteiger partial charge is 0.0774 e. The van der Waals surface area contributed by atoms with Crippen molar-refractivity contribution in [1.29, 1.82) is 0 Å². The largest absolute Gasteiger partial charge is 0.389 e. The highest BCUT2D eigenvalue weighted by atomic mass is 16.3. The second-order valence-electron chi connectivity index (χ2n) is 6.43. The molecule has 1 heterocycles. The molecule has 1 aliphatic carbocycles. The first-order valence-electron chi connectivity index (χ1n) is 7.64. The van der Waals surface area contributed by atoms with Crippen molar-refractivity contribution in [1.82, 2.24) is 10.3 Å². The van der Waals surface area contributed by atoms with Crippen LogP contribution in [-0.2, 0) is 6.54 Å². The van der Waals surface area contributed by atoms with Gasteiger partial charge >= 0.3 is 0 Å². The first-order valence-corrected chi connectivity index (χ1v) is 7.64. The van der Waals surface area contributed by atoms with Crippen LogP contribution in [0.5, 0.6) is 0 Å². The first-order chi connectivity index (χ1) is 9.65. The molecule has 0 aliphatic heterocycles. The third-order valence-electron chi connectivity index (χ3n) is 4.47. The fraction of sp³-hybridized carbons (Fsp3) is 0.529. The van der Waals surface area contributed by atoms with Crippen molar-refractivity contribution in [3.05, 3.63) is 36.0 Å². The van der Waals surface area contributed by atoms with E-state index in [1.165, 1.54) is 22.9 Å². The number of aromatic amines is 1. The number of H-pyrrole nitrogens is 1. The Labute approximate surface area is 120 Å². The molecule has 0 radical (unpaired) electrons. The van der Waals surface area contributed by atoms with Crippen LogP contribution in [0.4, 0.5) is 0 Å². The molecular weight excluding hydrogens is 248 g/mol. The third kappa shape index (κ3) is 3.05. The molecule has 3 rings (SSSR count). The summed E-state index contributed by atoms with van der Waals surface area (Å²) >= 11 is 0. The van der Waals surface area contributed by atoms with E-state index in [4.69, 9.17) is 0 Å². The van der Waals surface area contributed by atoms with Gasteiger partial charge in [0, 0.05) is 24.8 Å².